The molecule has 0 fully saturated rings. The fourth-order valence-electron chi connectivity index (χ4n) is 6.22. The minimum atomic E-state index is -0.0987. The van der Waals surface area contributed by atoms with E-state index < -0.39 is 0 Å². The van der Waals surface area contributed by atoms with Gasteiger partial charge < -0.3 is 0 Å². The summed E-state index contributed by atoms with van der Waals surface area (Å²) in [6.07, 6.45) is 0. The maximum atomic E-state index is 14.0. The van der Waals surface area contributed by atoms with E-state index in [2.05, 4.69) is 16.7 Å². The summed E-state index contributed by atoms with van der Waals surface area (Å²) < 4.78 is 3.84. The maximum Gasteiger partial charge on any atom is 0.266 e. The van der Waals surface area contributed by atoms with E-state index in [0.29, 0.717) is 34.1 Å². The van der Waals surface area contributed by atoms with Gasteiger partial charge in [0.1, 0.15) is 0 Å². The van der Waals surface area contributed by atoms with Crippen LogP contribution in [0.1, 0.15) is 0 Å². The molecule has 0 unspecified atom stereocenters. The topological polar surface area (TPSA) is 78.0 Å². The number of pyridine rings is 1. The van der Waals surface area contributed by atoms with E-state index in [0.717, 1.165) is 43.8 Å². The molecular weight excluding hydrogens is 544 g/mol. The van der Waals surface area contributed by atoms with Crippen molar-refractivity contribution >= 4 is 49.3 Å². The van der Waals surface area contributed by atoms with Gasteiger partial charge in [-0.1, -0.05) is 109 Å². The van der Waals surface area contributed by atoms with Crippen LogP contribution in [0, 0.1) is 0 Å². The molecule has 4 aromatic heterocycles. The average molecular weight is 567 g/mol. The van der Waals surface area contributed by atoms with Crippen LogP contribution in [0.3, 0.4) is 0 Å². The van der Waals surface area contributed by atoms with E-state index in [1.807, 2.05) is 121 Å². The Bertz CT molecular complexity index is 2570. The largest absolute Gasteiger partial charge is 0.277 e. The van der Waals surface area contributed by atoms with Gasteiger partial charge in [0, 0.05) is 21.9 Å². The van der Waals surface area contributed by atoms with Crippen molar-refractivity contribution in [2.24, 2.45) is 0 Å². The van der Waals surface area contributed by atoms with Crippen molar-refractivity contribution in [1.29, 1.82) is 0 Å². The predicted molar refractivity (Wildman–Crippen MR) is 175 cm³/mol. The van der Waals surface area contributed by atoms with Crippen LogP contribution in [-0.2, 0) is 0 Å². The van der Waals surface area contributed by atoms with Gasteiger partial charge >= 0.3 is 0 Å². The van der Waals surface area contributed by atoms with Crippen LogP contribution in [0.5, 0.6) is 0 Å². The summed E-state index contributed by atoms with van der Waals surface area (Å²) in [5.41, 5.74) is 5.50. The number of hydrogen-bond donors (Lipinski definition) is 0. The van der Waals surface area contributed by atoms with E-state index >= 15 is 0 Å². The van der Waals surface area contributed by atoms with Crippen LogP contribution >= 0.6 is 0 Å². The highest BCUT2D eigenvalue weighted by Gasteiger charge is 2.23. The van der Waals surface area contributed by atoms with Gasteiger partial charge in [0.15, 0.2) is 17.3 Å². The fraction of sp³-hybridized carbons (Fsp3) is 0. The summed E-state index contributed by atoms with van der Waals surface area (Å²) in [6, 6.07) is 43.5. The van der Waals surface area contributed by atoms with Crippen molar-refractivity contribution in [3.63, 3.8) is 0 Å². The van der Waals surface area contributed by atoms with Crippen LogP contribution in [0.15, 0.2) is 138 Å². The van der Waals surface area contributed by atoms with Crippen molar-refractivity contribution in [2.75, 3.05) is 0 Å². The Morgan fingerprint density at radius 3 is 1.70 bits per heavy atom. The lowest BCUT2D eigenvalue weighted by Gasteiger charge is -2.13. The normalized spacial score (nSPS) is 11.7. The molecule has 0 radical (unpaired) electrons. The highest BCUT2D eigenvalue weighted by molar-refractivity contribution is 6.23. The van der Waals surface area contributed by atoms with Gasteiger partial charge in [0.25, 0.3) is 5.56 Å². The minimum Gasteiger partial charge on any atom is -0.277 e. The third-order valence-electron chi connectivity index (χ3n) is 8.16. The number of fused-ring (bicyclic) bond motifs is 9. The molecule has 9 rings (SSSR count). The zero-order chi connectivity index (χ0) is 29.2. The Kier molecular flexibility index (Phi) is 5.21. The third-order valence-corrected chi connectivity index (χ3v) is 8.16. The second kappa shape index (κ2) is 9.40. The fourth-order valence-corrected chi connectivity index (χ4v) is 6.22. The first-order valence-electron chi connectivity index (χ1n) is 14.4. The molecule has 5 aromatic carbocycles. The molecule has 44 heavy (non-hydrogen) atoms. The molecule has 0 aliphatic rings. The Labute approximate surface area is 250 Å². The molecule has 4 heterocycles. The molecule has 0 N–H and O–H groups in total. The molecule has 9 aromatic rings. The van der Waals surface area contributed by atoms with E-state index in [1.165, 1.54) is 0 Å². The molecule has 7 heteroatoms. The molecule has 0 amide bonds. The van der Waals surface area contributed by atoms with E-state index in [1.54, 1.807) is 4.40 Å². The maximum absolute atomic E-state index is 14.0. The van der Waals surface area contributed by atoms with Gasteiger partial charge in [0.05, 0.1) is 32.8 Å². The number of hydrogen-bond acceptors (Lipinski definition) is 5. The summed E-state index contributed by atoms with van der Waals surface area (Å²) in [6.45, 7) is 0. The third kappa shape index (κ3) is 3.53. The lowest BCUT2D eigenvalue weighted by molar-refractivity contribution is 0.954. The highest BCUT2D eigenvalue weighted by atomic mass is 16.1. The molecule has 206 valence electrons. The van der Waals surface area contributed by atoms with E-state index in [9.17, 15) is 4.79 Å². The summed E-state index contributed by atoms with van der Waals surface area (Å²) in [4.78, 5) is 34.2. The van der Waals surface area contributed by atoms with Crippen molar-refractivity contribution in [3.8, 4) is 28.7 Å². The summed E-state index contributed by atoms with van der Waals surface area (Å²) in [5, 5.41) is 3.30. The van der Waals surface area contributed by atoms with Crippen molar-refractivity contribution in [1.82, 2.24) is 28.9 Å². The number of benzene rings is 5. The SMILES string of the molecule is O=c1c2ccccc2nc2c3c4ccccc4n(-c4nc(-c5ccccc5)nc(-c5ccccc5)n4)c3c3ccccc3n12. The van der Waals surface area contributed by atoms with Gasteiger partial charge in [-0.25, -0.2) is 9.97 Å². The number of para-hydroxylation sites is 3. The second-order valence-corrected chi connectivity index (χ2v) is 10.7. The van der Waals surface area contributed by atoms with Gasteiger partial charge in [-0.2, -0.15) is 9.97 Å². The van der Waals surface area contributed by atoms with Crippen LogP contribution < -0.4 is 5.56 Å². The molecule has 0 saturated carbocycles. The smallest absolute Gasteiger partial charge is 0.266 e. The molecule has 0 atom stereocenters. The van der Waals surface area contributed by atoms with Crippen LogP contribution in [0.25, 0.3) is 78.0 Å². The van der Waals surface area contributed by atoms with Crippen LogP contribution in [-0.4, -0.2) is 28.9 Å². The number of nitrogens with zero attached hydrogens (tertiary/aromatic N) is 6. The summed E-state index contributed by atoms with van der Waals surface area (Å²) >= 11 is 0. The van der Waals surface area contributed by atoms with E-state index in [-0.39, 0.29) is 5.56 Å². The second-order valence-electron chi connectivity index (χ2n) is 10.7. The molecule has 7 nitrogen and oxygen atoms in total. The first-order chi connectivity index (χ1) is 21.8. The monoisotopic (exact) mass is 566 g/mol. The molecule has 0 spiro atoms. The Hall–Kier alpha value is -6.21. The van der Waals surface area contributed by atoms with Gasteiger partial charge in [-0.3, -0.25) is 13.8 Å². The summed E-state index contributed by atoms with van der Waals surface area (Å²) in [7, 11) is 0. The van der Waals surface area contributed by atoms with Gasteiger partial charge in [0.2, 0.25) is 5.95 Å². The molecule has 0 saturated heterocycles. The molecule has 0 bridgehead atoms. The molecular formula is C37H22N6O. The first kappa shape index (κ1) is 24.4. The van der Waals surface area contributed by atoms with Crippen molar-refractivity contribution in [3.05, 3.63) is 144 Å². The first-order valence-corrected chi connectivity index (χ1v) is 14.4. The lowest BCUT2D eigenvalue weighted by Crippen LogP contribution is -2.16. The van der Waals surface area contributed by atoms with Gasteiger partial charge in [-0.05, 0) is 24.3 Å². The summed E-state index contributed by atoms with van der Waals surface area (Å²) in [5.74, 6) is 1.64. The average Bonchev–Trinajstić information content (AvgIpc) is 3.45. The predicted octanol–water partition coefficient (Wildman–Crippen LogP) is 7.62. The Morgan fingerprint density at radius 2 is 1.02 bits per heavy atom. The van der Waals surface area contributed by atoms with Crippen LogP contribution in [0.4, 0.5) is 0 Å². The van der Waals surface area contributed by atoms with E-state index in [4.69, 9.17) is 19.9 Å². The lowest BCUT2D eigenvalue weighted by atomic mass is 10.1. The zero-order valence-corrected chi connectivity index (χ0v) is 23.3. The van der Waals surface area contributed by atoms with Crippen molar-refractivity contribution < 1.29 is 0 Å². The van der Waals surface area contributed by atoms with Crippen LogP contribution in [0.2, 0.25) is 0 Å². The zero-order valence-electron chi connectivity index (χ0n) is 23.3. The van der Waals surface area contributed by atoms with Crippen molar-refractivity contribution in [2.45, 2.75) is 0 Å². The number of rotatable bonds is 3. The number of aromatic nitrogens is 6. The van der Waals surface area contributed by atoms with Gasteiger partial charge in [-0.15, -0.1) is 0 Å². The molecule has 0 aliphatic carbocycles. The standard InChI is InChI=1S/C37H22N6O/c44-36-25-17-7-10-20-28(25)38-35-31-26-18-8-11-21-29(26)42(32(31)27-19-9-12-22-30(27)43(35)36)37-40-33(23-13-3-1-4-14-23)39-34(41-37)24-15-5-2-6-16-24/h1-22H. The Morgan fingerprint density at radius 1 is 0.477 bits per heavy atom. The minimum absolute atomic E-state index is 0.0987. The quantitative estimate of drug-likeness (QED) is 0.162. The molecule has 0 aliphatic heterocycles. The Balaban J connectivity index is 1.50. The highest BCUT2D eigenvalue weighted by Crippen LogP contribution is 2.38.